The Hall–Kier alpha value is 0.480. The molecular formula is C10H17N2NaO5S3. The van der Waals surface area contributed by atoms with Crippen LogP contribution >= 0.6 is 11.3 Å². The molecule has 2 N–H and O–H groups in total. The number of nitrogens with two attached hydrogens (primary N) is 1. The molecule has 1 aromatic heterocycles. The van der Waals surface area contributed by atoms with Crippen LogP contribution < -0.4 is 5.14 Å². The SMILES string of the molecule is COCCCN1CCc2cc(S(N)(=O)=O)sc2S1(=O)=O.[NaH]. The average Bonchev–Trinajstić information content (AvgIpc) is 2.77. The number of sulfonamides is 2. The van der Waals surface area contributed by atoms with Gasteiger partial charge in [-0.1, -0.05) is 0 Å². The van der Waals surface area contributed by atoms with Crippen molar-refractivity contribution in [1.82, 2.24) is 4.31 Å². The summed E-state index contributed by atoms with van der Waals surface area (Å²) < 4.78 is 53.7. The zero-order valence-corrected chi connectivity index (χ0v) is 13.4. The summed E-state index contributed by atoms with van der Waals surface area (Å²) in [6.45, 7) is 1.18. The first-order valence-electron chi connectivity index (χ1n) is 5.91. The van der Waals surface area contributed by atoms with Gasteiger partial charge in [-0.15, -0.1) is 11.3 Å². The van der Waals surface area contributed by atoms with E-state index in [1.165, 1.54) is 10.4 Å². The maximum absolute atomic E-state index is 12.4. The van der Waals surface area contributed by atoms with Gasteiger partial charge in [0.05, 0.1) is 0 Å². The van der Waals surface area contributed by atoms with E-state index in [4.69, 9.17) is 9.88 Å². The Morgan fingerprint density at radius 3 is 2.71 bits per heavy atom. The van der Waals surface area contributed by atoms with E-state index in [1.54, 1.807) is 7.11 Å². The van der Waals surface area contributed by atoms with Gasteiger partial charge in [0, 0.05) is 26.8 Å². The van der Waals surface area contributed by atoms with E-state index >= 15 is 0 Å². The topological polar surface area (TPSA) is 107 Å². The summed E-state index contributed by atoms with van der Waals surface area (Å²) in [5.41, 5.74) is 0.530. The summed E-state index contributed by atoms with van der Waals surface area (Å²) in [6, 6.07) is 1.36. The van der Waals surface area contributed by atoms with Gasteiger partial charge in [-0.25, -0.2) is 22.0 Å². The quantitative estimate of drug-likeness (QED) is 0.551. The molecular weight excluding hydrogens is 347 g/mol. The zero-order chi connectivity index (χ0) is 15.0. The molecule has 0 aliphatic carbocycles. The first-order valence-corrected chi connectivity index (χ1v) is 9.71. The normalized spacial score (nSPS) is 18.0. The number of thiophene rings is 1. The van der Waals surface area contributed by atoms with Gasteiger partial charge in [-0.3, -0.25) is 0 Å². The number of primary sulfonamides is 1. The Morgan fingerprint density at radius 2 is 2.14 bits per heavy atom. The molecule has 1 aliphatic rings. The summed E-state index contributed by atoms with van der Waals surface area (Å²) in [7, 11) is -5.94. The second-order valence-electron chi connectivity index (χ2n) is 4.42. The molecule has 0 spiro atoms. The third kappa shape index (κ3) is 4.27. The number of hydrogen-bond acceptors (Lipinski definition) is 6. The molecule has 0 radical (unpaired) electrons. The minimum absolute atomic E-state index is 0. The molecule has 0 bridgehead atoms. The van der Waals surface area contributed by atoms with Crippen LogP contribution in [0.25, 0.3) is 0 Å². The van der Waals surface area contributed by atoms with Gasteiger partial charge in [0.1, 0.15) is 8.42 Å². The number of hydrogen-bond donors (Lipinski definition) is 1. The fourth-order valence-electron chi connectivity index (χ4n) is 2.02. The average molecular weight is 364 g/mol. The molecule has 0 saturated heterocycles. The molecule has 116 valence electrons. The fourth-order valence-corrected chi connectivity index (χ4v) is 6.31. The molecule has 1 aromatic rings. The minimum atomic E-state index is -3.87. The Balaban J connectivity index is 0.00000220. The number of nitrogens with zero attached hydrogens (tertiary/aromatic N) is 1. The van der Waals surface area contributed by atoms with Crippen LogP contribution in [0.3, 0.4) is 0 Å². The van der Waals surface area contributed by atoms with Crippen LogP contribution in [-0.2, 0) is 31.2 Å². The molecule has 0 amide bonds. The Morgan fingerprint density at radius 1 is 1.48 bits per heavy atom. The van der Waals surface area contributed by atoms with Crippen LogP contribution in [0.4, 0.5) is 0 Å². The number of rotatable bonds is 5. The van der Waals surface area contributed by atoms with E-state index < -0.39 is 20.0 Å². The third-order valence-electron chi connectivity index (χ3n) is 2.99. The summed E-state index contributed by atoms with van der Waals surface area (Å²) in [6.07, 6.45) is 1.09. The Kier molecular flexibility index (Phi) is 6.85. The molecule has 0 fully saturated rings. The van der Waals surface area contributed by atoms with Crippen molar-refractivity contribution in [3.63, 3.8) is 0 Å². The van der Waals surface area contributed by atoms with E-state index in [-0.39, 0.29) is 38.0 Å². The first kappa shape index (κ1) is 19.5. The Labute approximate surface area is 150 Å². The predicted octanol–water partition coefficient (Wildman–Crippen LogP) is -0.670. The van der Waals surface area contributed by atoms with Crippen molar-refractivity contribution in [2.75, 3.05) is 26.8 Å². The molecule has 0 unspecified atom stereocenters. The fraction of sp³-hybridized carbons (Fsp3) is 0.600. The van der Waals surface area contributed by atoms with Gasteiger partial charge >= 0.3 is 29.6 Å². The summed E-state index contributed by atoms with van der Waals surface area (Å²) in [5.74, 6) is 0. The van der Waals surface area contributed by atoms with Gasteiger partial charge in [-0.2, -0.15) is 4.31 Å². The standard InChI is InChI=1S/C10H16N2O5S3.Na.H/c1-17-6-2-4-12-5-3-8-7-9(19(11,13)14)18-10(8)20(12,15)16;;/h7H,2-6H2,1H3,(H2,11,13,14);;. The molecule has 0 aromatic carbocycles. The van der Waals surface area contributed by atoms with Crippen molar-refractivity contribution in [3.05, 3.63) is 11.6 Å². The van der Waals surface area contributed by atoms with E-state index in [1.807, 2.05) is 0 Å². The van der Waals surface area contributed by atoms with Crippen LogP contribution in [0, 0.1) is 0 Å². The molecule has 0 saturated carbocycles. The Bertz CT molecular complexity index is 698. The van der Waals surface area contributed by atoms with Crippen LogP contribution in [0.1, 0.15) is 12.0 Å². The van der Waals surface area contributed by atoms with Gasteiger partial charge in [-0.05, 0) is 24.5 Å². The van der Waals surface area contributed by atoms with Crippen LogP contribution in [0.15, 0.2) is 14.5 Å². The third-order valence-corrected chi connectivity index (χ3v) is 8.04. The van der Waals surface area contributed by atoms with Gasteiger partial charge in [0.25, 0.3) is 10.0 Å². The van der Waals surface area contributed by atoms with E-state index in [0.717, 1.165) is 11.3 Å². The molecule has 21 heavy (non-hydrogen) atoms. The van der Waals surface area contributed by atoms with Crippen molar-refractivity contribution in [1.29, 1.82) is 0 Å². The summed E-state index contributed by atoms with van der Waals surface area (Å²) >= 11 is 0.718. The van der Waals surface area contributed by atoms with Crippen LogP contribution in [0.2, 0.25) is 0 Å². The predicted molar refractivity (Wildman–Crippen MR) is 81.8 cm³/mol. The van der Waals surface area contributed by atoms with Gasteiger partial charge in [0.15, 0.2) is 0 Å². The number of methoxy groups -OCH3 is 1. The second-order valence-corrected chi connectivity index (χ2v) is 9.40. The van der Waals surface area contributed by atoms with Crippen LogP contribution in [0.5, 0.6) is 0 Å². The molecule has 1 aliphatic heterocycles. The molecule has 2 rings (SSSR count). The molecule has 7 nitrogen and oxygen atoms in total. The van der Waals surface area contributed by atoms with Crippen molar-refractivity contribution in [2.24, 2.45) is 5.14 Å². The maximum atomic E-state index is 12.4. The molecule has 2 heterocycles. The summed E-state index contributed by atoms with van der Waals surface area (Å²) in [4.78, 5) is 0. The first-order chi connectivity index (χ1) is 9.26. The number of ether oxygens (including phenoxy) is 1. The zero-order valence-electron chi connectivity index (χ0n) is 10.9. The van der Waals surface area contributed by atoms with Crippen molar-refractivity contribution < 1.29 is 21.6 Å². The van der Waals surface area contributed by atoms with Crippen LogP contribution in [-0.4, -0.2) is 77.5 Å². The van der Waals surface area contributed by atoms with Crippen molar-refractivity contribution in [2.45, 2.75) is 21.3 Å². The van der Waals surface area contributed by atoms with Crippen molar-refractivity contribution >= 4 is 60.9 Å². The van der Waals surface area contributed by atoms with Gasteiger partial charge in [0.2, 0.25) is 10.0 Å². The monoisotopic (exact) mass is 364 g/mol. The van der Waals surface area contributed by atoms with E-state index in [9.17, 15) is 16.8 Å². The number of fused-ring (bicyclic) bond motifs is 1. The second kappa shape index (κ2) is 7.37. The van der Waals surface area contributed by atoms with E-state index in [2.05, 4.69) is 0 Å². The molecule has 0 atom stereocenters. The molecule has 11 heteroatoms. The van der Waals surface area contributed by atoms with Gasteiger partial charge < -0.3 is 4.74 Å². The van der Waals surface area contributed by atoms with E-state index in [0.29, 0.717) is 38.1 Å². The van der Waals surface area contributed by atoms with Crippen molar-refractivity contribution in [3.8, 4) is 0 Å². The summed E-state index contributed by atoms with van der Waals surface area (Å²) in [5, 5.41) is 5.05.